The smallest absolute Gasteiger partial charge is 0.227 e. The Hall–Kier alpha value is -3.22. The van der Waals surface area contributed by atoms with Crippen LogP contribution in [0.5, 0.6) is 0 Å². The number of amidine groups is 1. The Labute approximate surface area is 181 Å². The normalized spacial score (nSPS) is 15.9. The molecule has 2 heterocycles. The van der Waals surface area contributed by atoms with E-state index in [1.54, 1.807) is 36.7 Å². The van der Waals surface area contributed by atoms with Crippen LogP contribution in [0.2, 0.25) is 0 Å². The Bertz CT molecular complexity index is 974. The fourth-order valence-corrected chi connectivity index (χ4v) is 3.64. The van der Waals surface area contributed by atoms with Crippen LogP contribution in [0.1, 0.15) is 49.8 Å². The lowest BCUT2D eigenvalue weighted by atomic mass is 9.95. The number of benzene rings is 1. The van der Waals surface area contributed by atoms with Crippen molar-refractivity contribution in [2.45, 2.75) is 51.4 Å². The number of ketones is 1. The second-order valence-corrected chi connectivity index (χ2v) is 7.68. The van der Waals surface area contributed by atoms with Crippen molar-refractivity contribution in [1.29, 1.82) is 5.41 Å². The first-order chi connectivity index (χ1) is 15.0. The van der Waals surface area contributed by atoms with Gasteiger partial charge in [0, 0.05) is 24.8 Å². The zero-order valence-electron chi connectivity index (χ0n) is 17.4. The highest BCUT2D eigenvalue weighted by atomic mass is 19.1. The second kappa shape index (κ2) is 11.2. The number of carbonyl (C=O) groups excluding carboxylic acids is 2. The van der Waals surface area contributed by atoms with E-state index < -0.39 is 0 Å². The van der Waals surface area contributed by atoms with Gasteiger partial charge in [0.25, 0.3) is 0 Å². The molecular formula is C24H27FN4O2. The summed E-state index contributed by atoms with van der Waals surface area (Å²) in [5.41, 5.74) is 2.31. The van der Waals surface area contributed by atoms with Crippen molar-refractivity contribution in [3.63, 3.8) is 0 Å². The van der Waals surface area contributed by atoms with E-state index >= 15 is 0 Å². The molecule has 6 nitrogen and oxygen atoms in total. The third-order valence-electron chi connectivity index (χ3n) is 5.43. The third kappa shape index (κ3) is 6.64. The number of aryl methyl sites for hydroxylation is 2. The number of unbranched alkanes of at least 4 members (excludes halogenated alkanes) is 1. The van der Waals surface area contributed by atoms with Gasteiger partial charge < -0.3 is 5.32 Å². The molecule has 0 bridgehead atoms. The van der Waals surface area contributed by atoms with Crippen molar-refractivity contribution >= 4 is 29.4 Å². The Morgan fingerprint density at radius 2 is 2.10 bits per heavy atom. The quantitative estimate of drug-likeness (QED) is 0.353. The maximum absolute atomic E-state index is 13.6. The van der Waals surface area contributed by atoms with Crippen LogP contribution in [0.4, 0.5) is 10.1 Å². The lowest BCUT2D eigenvalue weighted by Gasteiger charge is -2.12. The average molecular weight is 423 g/mol. The molecule has 0 radical (unpaired) electrons. The van der Waals surface area contributed by atoms with Crippen LogP contribution >= 0.6 is 0 Å². The van der Waals surface area contributed by atoms with Crippen LogP contribution in [-0.4, -0.2) is 28.7 Å². The number of halogens is 1. The van der Waals surface area contributed by atoms with Gasteiger partial charge in [-0.1, -0.05) is 18.2 Å². The SMILES string of the molecule is N=C(N=CCCCc1ccccc1F)C(=O)CCC[C@H]1CCc2ncccc2NC1=O. The summed E-state index contributed by atoms with van der Waals surface area (Å²) in [6.45, 7) is 0. The van der Waals surface area contributed by atoms with Crippen molar-refractivity contribution in [2.75, 3.05) is 5.32 Å². The number of pyridine rings is 1. The molecule has 7 heteroatoms. The third-order valence-corrected chi connectivity index (χ3v) is 5.43. The fraction of sp³-hybridized carbons (Fsp3) is 0.375. The van der Waals surface area contributed by atoms with E-state index in [1.165, 1.54) is 6.07 Å². The Kier molecular flexibility index (Phi) is 8.15. The number of carbonyl (C=O) groups is 2. The van der Waals surface area contributed by atoms with Crippen molar-refractivity contribution in [3.05, 3.63) is 59.7 Å². The molecule has 0 saturated heterocycles. The summed E-state index contributed by atoms with van der Waals surface area (Å²) in [5.74, 6) is -1.03. The number of nitrogens with one attached hydrogen (secondary N) is 2. The van der Waals surface area contributed by atoms with Crippen molar-refractivity contribution in [1.82, 2.24) is 4.98 Å². The van der Waals surface area contributed by atoms with Crippen molar-refractivity contribution < 1.29 is 14.0 Å². The Morgan fingerprint density at radius 3 is 2.94 bits per heavy atom. The van der Waals surface area contributed by atoms with E-state index in [2.05, 4.69) is 15.3 Å². The van der Waals surface area contributed by atoms with Crippen molar-refractivity contribution in [2.24, 2.45) is 10.9 Å². The Balaban J connectivity index is 1.35. The largest absolute Gasteiger partial charge is 0.324 e. The number of fused-ring (bicyclic) bond motifs is 1. The number of nitrogens with zero attached hydrogens (tertiary/aromatic N) is 2. The zero-order valence-corrected chi connectivity index (χ0v) is 17.4. The molecular weight excluding hydrogens is 395 g/mol. The molecule has 0 fully saturated rings. The number of amides is 1. The minimum atomic E-state index is -0.329. The molecule has 1 atom stereocenters. The lowest BCUT2D eigenvalue weighted by Crippen LogP contribution is -2.21. The number of rotatable bonds is 9. The maximum Gasteiger partial charge on any atom is 0.227 e. The minimum Gasteiger partial charge on any atom is -0.324 e. The molecule has 31 heavy (non-hydrogen) atoms. The van der Waals surface area contributed by atoms with E-state index in [9.17, 15) is 14.0 Å². The molecule has 1 aromatic heterocycles. The van der Waals surface area contributed by atoms with Gasteiger partial charge >= 0.3 is 0 Å². The summed E-state index contributed by atoms with van der Waals surface area (Å²) in [5, 5.41) is 10.7. The Morgan fingerprint density at radius 1 is 1.26 bits per heavy atom. The highest BCUT2D eigenvalue weighted by Gasteiger charge is 2.24. The van der Waals surface area contributed by atoms with Gasteiger partial charge in [-0.2, -0.15) is 0 Å². The summed E-state index contributed by atoms with van der Waals surface area (Å²) in [7, 11) is 0. The first-order valence-corrected chi connectivity index (χ1v) is 10.7. The summed E-state index contributed by atoms with van der Waals surface area (Å²) in [6.07, 6.45) is 7.85. The van der Waals surface area contributed by atoms with Crippen LogP contribution in [0.25, 0.3) is 0 Å². The predicted molar refractivity (Wildman–Crippen MR) is 119 cm³/mol. The molecule has 162 valence electrons. The van der Waals surface area contributed by atoms with Gasteiger partial charge in [-0.25, -0.2) is 9.38 Å². The first-order valence-electron chi connectivity index (χ1n) is 10.7. The van der Waals surface area contributed by atoms with Gasteiger partial charge in [-0.05, 0) is 68.7 Å². The monoisotopic (exact) mass is 422 g/mol. The predicted octanol–water partition coefficient (Wildman–Crippen LogP) is 4.53. The number of anilines is 1. The summed E-state index contributed by atoms with van der Waals surface area (Å²) in [6, 6.07) is 10.3. The molecule has 1 amide bonds. The molecule has 3 rings (SSSR count). The van der Waals surface area contributed by atoms with Crippen LogP contribution < -0.4 is 5.32 Å². The average Bonchev–Trinajstić information content (AvgIpc) is 2.93. The molecule has 1 aliphatic heterocycles. The van der Waals surface area contributed by atoms with Gasteiger partial charge in [-0.15, -0.1) is 0 Å². The zero-order chi connectivity index (χ0) is 22.1. The number of aromatic nitrogens is 1. The summed E-state index contributed by atoms with van der Waals surface area (Å²) < 4.78 is 13.6. The van der Waals surface area contributed by atoms with E-state index in [-0.39, 0.29) is 35.7 Å². The second-order valence-electron chi connectivity index (χ2n) is 7.68. The number of hydrogen-bond donors (Lipinski definition) is 2. The van der Waals surface area contributed by atoms with E-state index in [4.69, 9.17) is 5.41 Å². The lowest BCUT2D eigenvalue weighted by molar-refractivity contribution is -0.120. The molecule has 1 aromatic carbocycles. The van der Waals surface area contributed by atoms with Gasteiger partial charge in [0.15, 0.2) is 11.6 Å². The number of aliphatic imine (C=N–C) groups is 1. The van der Waals surface area contributed by atoms with Gasteiger partial charge in [0.1, 0.15) is 5.82 Å². The molecule has 1 aliphatic rings. The van der Waals surface area contributed by atoms with E-state index in [1.807, 2.05) is 6.07 Å². The van der Waals surface area contributed by atoms with Crippen LogP contribution in [-0.2, 0) is 22.4 Å². The van der Waals surface area contributed by atoms with Crippen LogP contribution in [0, 0.1) is 17.1 Å². The van der Waals surface area contributed by atoms with Crippen molar-refractivity contribution in [3.8, 4) is 0 Å². The standard InChI is InChI=1S/C24H27FN4O2/c25-19-10-2-1-7-17(19)8-3-4-15-28-23(26)22(30)12-5-9-18-13-14-20-21(29-24(18)31)11-6-16-27-20/h1-2,6-7,10-11,15-16,18,26H,3-5,8-9,12-14H2,(H,29,31)/t18-/m0/s1. The topological polar surface area (TPSA) is 95.3 Å². The van der Waals surface area contributed by atoms with E-state index in [0.29, 0.717) is 44.1 Å². The first kappa shape index (κ1) is 22.5. The maximum atomic E-state index is 13.6. The summed E-state index contributed by atoms with van der Waals surface area (Å²) >= 11 is 0. The molecule has 2 aromatic rings. The fourth-order valence-electron chi connectivity index (χ4n) is 3.64. The minimum absolute atomic E-state index is 0.0397. The molecule has 0 saturated carbocycles. The molecule has 0 aliphatic carbocycles. The molecule has 0 unspecified atom stereocenters. The van der Waals surface area contributed by atoms with Crippen LogP contribution in [0.15, 0.2) is 47.6 Å². The van der Waals surface area contributed by atoms with Gasteiger partial charge in [0.2, 0.25) is 5.91 Å². The van der Waals surface area contributed by atoms with E-state index in [0.717, 1.165) is 17.8 Å². The summed E-state index contributed by atoms with van der Waals surface area (Å²) in [4.78, 5) is 32.8. The number of hydrogen-bond acceptors (Lipinski definition) is 4. The van der Waals surface area contributed by atoms with Crippen LogP contribution in [0.3, 0.4) is 0 Å². The van der Waals surface area contributed by atoms with Gasteiger partial charge in [0.05, 0.1) is 11.4 Å². The van der Waals surface area contributed by atoms with Gasteiger partial charge in [-0.3, -0.25) is 20.0 Å². The molecule has 2 N–H and O–H groups in total. The number of Topliss-reactive ketones (excluding diaryl/α,β-unsaturated/α-hetero) is 1. The highest BCUT2D eigenvalue weighted by molar-refractivity contribution is 6.38. The highest BCUT2D eigenvalue weighted by Crippen LogP contribution is 2.25. The molecule has 0 spiro atoms.